The fourth-order valence-electron chi connectivity index (χ4n) is 4.57. The highest BCUT2D eigenvalue weighted by Crippen LogP contribution is 2.30. The lowest BCUT2D eigenvalue weighted by Gasteiger charge is -2.25. The normalized spacial score (nSPS) is 14.2. The van der Waals surface area contributed by atoms with Gasteiger partial charge < -0.3 is 30.8 Å². The molecule has 2 aromatic heterocycles. The number of halogens is 1. The van der Waals surface area contributed by atoms with Gasteiger partial charge in [-0.05, 0) is 49.4 Å². The van der Waals surface area contributed by atoms with Crippen LogP contribution in [-0.4, -0.2) is 57.7 Å². The molecule has 200 valence electrons. The quantitative estimate of drug-likeness (QED) is 0.274. The Balaban J connectivity index is 1.51. The molecule has 0 radical (unpaired) electrons. The second kappa shape index (κ2) is 11.9. The van der Waals surface area contributed by atoms with Crippen molar-refractivity contribution in [2.24, 2.45) is 5.92 Å². The lowest BCUT2D eigenvalue weighted by molar-refractivity contribution is 0.0918. The van der Waals surface area contributed by atoms with E-state index in [4.69, 9.17) is 21.4 Å². The van der Waals surface area contributed by atoms with Crippen molar-refractivity contribution in [2.45, 2.75) is 38.1 Å². The first kappa shape index (κ1) is 26.9. The fourth-order valence-corrected chi connectivity index (χ4v) is 4.73. The van der Waals surface area contributed by atoms with Crippen LogP contribution >= 0.6 is 11.6 Å². The number of fused-ring (bicyclic) bond motifs is 1. The van der Waals surface area contributed by atoms with Gasteiger partial charge in [-0.3, -0.25) is 14.4 Å². The third-order valence-electron chi connectivity index (χ3n) is 6.49. The summed E-state index contributed by atoms with van der Waals surface area (Å²) in [7, 11) is 1.39. The molecule has 1 aliphatic carbocycles. The molecule has 3 amide bonds. The van der Waals surface area contributed by atoms with Crippen LogP contribution in [-0.2, 0) is 0 Å². The van der Waals surface area contributed by atoms with E-state index < -0.39 is 17.6 Å². The van der Waals surface area contributed by atoms with Crippen LogP contribution in [0.4, 0.5) is 10.5 Å². The minimum Gasteiger partial charge on any atom is -0.467 e. The number of hydrogen-bond donors (Lipinski definition) is 5. The van der Waals surface area contributed by atoms with E-state index in [9.17, 15) is 19.2 Å². The number of nitrogens with one attached hydrogen (secondary N) is 4. The fraction of sp³-hybridized carbons (Fsp3) is 0.360. The molecular formula is C25H27ClN6O6. The average Bonchev–Trinajstić information content (AvgIpc) is 3.43. The van der Waals surface area contributed by atoms with Gasteiger partial charge in [0.25, 0.3) is 17.4 Å². The number of carbonyl (C=O) groups excluding carboxylic acids is 2. The number of amides is 3. The molecule has 13 heteroatoms. The summed E-state index contributed by atoms with van der Waals surface area (Å²) in [6, 6.07) is 5.66. The molecule has 3 aromatic rings. The first-order valence-corrected chi connectivity index (χ1v) is 12.5. The standard InChI is InChI=1S/C25H27ClN6O6/c1-38-24-28-12-15-10-16(23(35)31-20(15)32-24)22(34)30-19-11-14(6-7-17(19)26)21(33)29-18(8-9-27-25(36)37)13-4-2-3-5-13/h6-7,10-13,18,27H,2-5,8-9H2,1H3,(H,29,33)(H,30,34)(H,36,37)(H,28,31,32,35). The van der Waals surface area contributed by atoms with Gasteiger partial charge in [0.2, 0.25) is 0 Å². The number of benzene rings is 1. The smallest absolute Gasteiger partial charge is 0.404 e. The highest BCUT2D eigenvalue weighted by Gasteiger charge is 2.27. The van der Waals surface area contributed by atoms with Gasteiger partial charge in [0.1, 0.15) is 11.2 Å². The summed E-state index contributed by atoms with van der Waals surface area (Å²) in [5.41, 5.74) is -0.239. The van der Waals surface area contributed by atoms with Crippen molar-refractivity contribution < 1.29 is 24.2 Å². The van der Waals surface area contributed by atoms with Crippen molar-refractivity contribution in [2.75, 3.05) is 19.0 Å². The summed E-state index contributed by atoms with van der Waals surface area (Å²) in [6.45, 7) is 0.219. The maximum absolute atomic E-state index is 13.1. The molecule has 1 aliphatic rings. The van der Waals surface area contributed by atoms with Crippen molar-refractivity contribution in [1.29, 1.82) is 0 Å². The molecule has 0 saturated heterocycles. The first-order valence-electron chi connectivity index (χ1n) is 12.1. The third kappa shape index (κ3) is 6.38. The van der Waals surface area contributed by atoms with Crippen molar-refractivity contribution in [3.05, 3.63) is 57.0 Å². The van der Waals surface area contributed by atoms with Crippen LogP contribution in [0.2, 0.25) is 5.02 Å². The van der Waals surface area contributed by atoms with E-state index in [2.05, 4.69) is 30.9 Å². The molecule has 38 heavy (non-hydrogen) atoms. The Labute approximate surface area is 222 Å². The van der Waals surface area contributed by atoms with Gasteiger partial charge in [0.15, 0.2) is 0 Å². The van der Waals surface area contributed by atoms with Crippen molar-refractivity contribution in [3.63, 3.8) is 0 Å². The van der Waals surface area contributed by atoms with Gasteiger partial charge in [-0.2, -0.15) is 4.98 Å². The predicted molar refractivity (Wildman–Crippen MR) is 140 cm³/mol. The van der Waals surface area contributed by atoms with Gasteiger partial charge >= 0.3 is 12.1 Å². The zero-order valence-electron chi connectivity index (χ0n) is 20.5. The Morgan fingerprint density at radius 3 is 2.68 bits per heavy atom. The number of rotatable bonds is 9. The second-order valence-electron chi connectivity index (χ2n) is 8.97. The molecule has 0 bridgehead atoms. The number of ether oxygens (including phenoxy) is 1. The SMILES string of the molecule is COc1ncc2cc(C(=O)Nc3cc(C(=O)NC(CCNC(=O)O)C4CCCC4)ccc3Cl)c(=O)[nH]c2n1. The van der Waals surface area contributed by atoms with E-state index >= 15 is 0 Å². The molecule has 1 atom stereocenters. The van der Waals surface area contributed by atoms with E-state index in [1.807, 2.05) is 0 Å². The van der Waals surface area contributed by atoms with E-state index in [-0.39, 0.29) is 57.9 Å². The lowest BCUT2D eigenvalue weighted by Crippen LogP contribution is -2.42. The summed E-state index contributed by atoms with van der Waals surface area (Å²) in [4.78, 5) is 60.0. The number of carboxylic acid groups (broad SMARTS) is 1. The largest absolute Gasteiger partial charge is 0.467 e. The molecule has 0 spiro atoms. The van der Waals surface area contributed by atoms with E-state index in [0.29, 0.717) is 11.8 Å². The van der Waals surface area contributed by atoms with Crippen LogP contribution in [0.25, 0.3) is 11.0 Å². The topological polar surface area (TPSA) is 175 Å². The Morgan fingerprint density at radius 1 is 1.21 bits per heavy atom. The molecular weight excluding hydrogens is 516 g/mol. The molecule has 1 unspecified atom stereocenters. The maximum atomic E-state index is 13.1. The number of anilines is 1. The van der Waals surface area contributed by atoms with Gasteiger partial charge in [-0.1, -0.05) is 24.4 Å². The summed E-state index contributed by atoms with van der Waals surface area (Å²) in [5.74, 6) is -0.851. The van der Waals surface area contributed by atoms with E-state index in [0.717, 1.165) is 25.7 Å². The van der Waals surface area contributed by atoms with Crippen LogP contribution in [0.15, 0.2) is 35.3 Å². The third-order valence-corrected chi connectivity index (χ3v) is 6.82. The molecule has 0 aliphatic heterocycles. The number of methoxy groups -OCH3 is 1. The predicted octanol–water partition coefficient (Wildman–Crippen LogP) is 3.18. The van der Waals surface area contributed by atoms with E-state index in [1.165, 1.54) is 37.6 Å². The zero-order chi connectivity index (χ0) is 27.2. The Kier molecular flexibility index (Phi) is 8.41. The average molecular weight is 543 g/mol. The number of H-pyrrole nitrogens is 1. The molecule has 5 N–H and O–H groups in total. The molecule has 2 heterocycles. The van der Waals surface area contributed by atoms with Gasteiger partial charge in [0.05, 0.1) is 17.8 Å². The Hall–Kier alpha value is -4.19. The van der Waals surface area contributed by atoms with Crippen LogP contribution in [0.5, 0.6) is 6.01 Å². The molecule has 1 aromatic carbocycles. The number of hydrogen-bond acceptors (Lipinski definition) is 7. The van der Waals surface area contributed by atoms with Gasteiger partial charge in [-0.25, -0.2) is 9.78 Å². The van der Waals surface area contributed by atoms with Crippen LogP contribution in [0.3, 0.4) is 0 Å². The van der Waals surface area contributed by atoms with E-state index in [1.54, 1.807) is 0 Å². The lowest BCUT2D eigenvalue weighted by atomic mass is 9.95. The highest BCUT2D eigenvalue weighted by atomic mass is 35.5. The highest BCUT2D eigenvalue weighted by molar-refractivity contribution is 6.34. The zero-order valence-corrected chi connectivity index (χ0v) is 21.3. The molecule has 12 nitrogen and oxygen atoms in total. The summed E-state index contributed by atoms with van der Waals surface area (Å²) in [5, 5.41) is 17.4. The Morgan fingerprint density at radius 2 is 1.97 bits per heavy atom. The number of carbonyl (C=O) groups is 3. The number of nitrogens with zero attached hydrogens (tertiary/aromatic N) is 2. The second-order valence-corrected chi connectivity index (χ2v) is 9.37. The first-order chi connectivity index (χ1) is 18.2. The molecule has 1 saturated carbocycles. The number of aromatic amines is 1. The molecule has 1 fully saturated rings. The van der Waals surface area contributed by atoms with Crippen molar-refractivity contribution in [3.8, 4) is 6.01 Å². The van der Waals surface area contributed by atoms with Crippen molar-refractivity contribution >= 4 is 46.2 Å². The minimum atomic E-state index is -1.11. The summed E-state index contributed by atoms with van der Waals surface area (Å²) >= 11 is 6.28. The Bertz CT molecular complexity index is 1420. The van der Waals surface area contributed by atoms with Gasteiger partial charge in [-0.15, -0.1) is 0 Å². The van der Waals surface area contributed by atoms with Crippen LogP contribution in [0.1, 0.15) is 52.8 Å². The number of aromatic nitrogens is 3. The van der Waals surface area contributed by atoms with Crippen LogP contribution in [0, 0.1) is 5.92 Å². The maximum Gasteiger partial charge on any atom is 0.404 e. The van der Waals surface area contributed by atoms with Gasteiger partial charge in [0, 0.05) is 29.7 Å². The van der Waals surface area contributed by atoms with Crippen LogP contribution < -0.4 is 26.2 Å². The molecule has 4 rings (SSSR count). The summed E-state index contributed by atoms with van der Waals surface area (Å²) < 4.78 is 4.95. The minimum absolute atomic E-state index is 0.0699. The number of pyridine rings is 1. The summed E-state index contributed by atoms with van der Waals surface area (Å²) in [6.07, 6.45) is 4.80. The monoisotopic (exact) mass is 542 g/mol. The van der Waals surface area contributed by atoms with Crippen molar-refractivity contribution in [1.82, 2.24) is 25.6 Å².